The molecular formula is C14H13NO5S. The topological polar surface area (TPSA) is 83.9 Å². The number of sulfonamides is 1. The van der Waals surface area contributed by atoms with Crippen LogP contribution >= 0.6 is 0 Å². The second-order valence-electron chi connectivity index (χ2n) is 4.10. The third kappa shape index (κ3) is 3.04. The fraction of sp³-hybridized carbons (Fsp3) is 0.0714. The van der Waals surface area contributed by atoms with E-state index in [0.717, 1.165) is 0 Å². The van der Waals surface area contributed by atoms with Gasteiger partial charge in [0.1, 0.15) is 0 Å². The first-order chi connectivity index (χ1) is 9.96. The highest BCUT2D eigenvalue weighted by Crippen LogP contribution is 2.22. The van der Waals surface area contributed by atoms with Crippen molar-refractivity contribution >= 4 is 21.7 Å². The highest BCUT2D eigenvalue weighted by atomic mass is 32.2. The Balaban J connectivity index is 2.32. The van der Waals surface area contributed by atoms with Crippen LogP contribution in [0.15, 0.2) is 59.5 Å². The van der Waals surface area contributed by atoms with E-state index >= 15 is 0 Å². The molecule has 1 N–H and O–H groups in total. The predicted octanol–water partition coefficient (Wildman–Crippen LogP) is 2.06. The lowest BCUT2D eigenvalue weighted by Crippen LogP contribution is -2.27. The maximum absolute atomic E-state index is 12.2. The summed E-state index contributed by atoms with van der Waals surface area (Å²) in [5, 5.41) is 9.92. The summed E-state index contributed by atoms with van der Waals surface area (Å²) in [6, 6.07) is 12.9. The molecule has 110 valence electrons. The predicted molar refractivity (Wildman–Crippen MR) is 75.7 cm³/mol. The van der Waals surface area contributed by atoms with Gasteiger partial charge in [0.2, 0.25) is 0 Å². The van der Waals surface area contributed by atoms with Gasteiger partial charge in [0, 0.05) is 0 Å². The monoisotopic (exact) mass is 307 g/mol. The molecule has 0 unspecified atom stereocenters. The van der Waals surface area contributed by atoms with Crippen LogP contribution in [0.1, 0.15) is 10.4 Å². The summed E-state index contributed by atoms with van der Waals surface area (Å²) in [4.78, 5) is 11.3. The van der Waals surface area contributed by atoms with E-state index < -0.39 is 16.0 Å². The molecule has 0 aromatic heterocycles. The van der Waals surface area contributed by atoms with Crippen LogP contribution < -0.4 is 4.47 Å². The quantitative estimate of drug-likeness (QED) is 0.690. The normalized spacial score (nSPS) is 11.0. The van der Waals surface area contributed by atoms with Crippen LogP contribution in [0, 0.1) is 0 Å². The van der Waals surface area contributed by atoms with Crippen LogP contribution in [0.4, 0.5) is 5.69 Å². The van der Waals surface area contributed by atoms with Crippen molar-refractivity contribution in [2.75, 3.05) is 11.6 Å². The molecule has 0 aliphatic rings. The van der Waals surface area contributed by atoms with Crippen molar-refractivity contribution in [3.8, 4) is 0 Å². The SMILES string of the molecule is COC(=O)c1ccc(N(O)S(=O)(=O)c2ccccc2)cc1. The Bertz CT molecular complexity index is 726. The first-order valence-electron chi connectivity index (χ1n) is 5.94. The van der Waals surface area contributed by atoms with Gasteiger partial charge in [-0.25, -0.2) is 4.79 Å². The van der Waals surface area contributed by atoms with Crippen molar-refractivity contribution in [1.82, 2.24) is 0 Å². The third-order valence-corrected chi connectivity index (χ3v) is 4.31. The van der Waals surface area contributed by atoms with E-state index in [4.69, 9.17) is 0 Å². The molecule has 2 rings (SSSR count). The zero-order valence-electron chi connectivity index (χ0n) is 11.1. The summed E-state index contributed by atoms with van der Waals surface area (Å²) in [5.41, 5.74) is 0.276. The number of esters is 1. The lowest BCUT2D eigenvalue weighted by atomic mass is 10.2. The molecule has 0 fully saturated rings. The molecule has 21 heavy (non-hydrogen) atoms. The number of methoxy groups -OCH3 is 1. The van der Waals surface area contributed by atoms with Crippen molar-refractivity contribution < 1.29 is 23.2 Å². The molecular weight excluding hydrogens is 294 g/mol. The van der Waals surface area contributed by atoms with E-state index in [1.54, 1.807) is 18.2 Å². The zero-order chi connectivity index (χ0) is 15.5. The van der Waals surface area contributed by atoms with E-state index in [-0.39, 0.29) is 20.6 Å². The van der Waals surface area contributed by atoms with Gasteiger partial charge >= 0.3 is 5.97 Å². The Kier molecular flexibility index (Phi) is 4.25. The molecule has 0 saturated heterocycles. The van der Waals surface area contributed by atoms with E-state index in [1.807, 2.05) is 0 Å². The third-order valence-electron chi connectivity index (χ3n) is 2.78. The lowest BCUT2D eigenvalue weighted by molar-refractivity contribution is 0.0600. The van der Waals surface area contributed by atoms with Crippen LogP contribution in [-0.4, -0.2) is 26.7 Å². The van der Waals surface area contributed by atoms with Gasteiger partial charge in [-0.15, -0.1) is 4.47 Å². The summed E-state index contributed by atoms with van der Waals surface area (Å²) >= 11 is 0. The maximum Gasteiger partial charge on any atom is 0.337 e. The Morgan fingerprint density at radius 2 is 1.62 bits per heavy atom. The molecule has 0 bridgehead atoms. The Morgan fingerprint density at radius 1 is 1.05 bits per heavy atom. The molecule has 0 aliphatic carbocycles. The van der Waals surface area contributed by atoms with Crippen molar-refractivity contribution in [1.29, 1.82) is 0 Å². The van der Waals surface area contributed by atoms with Crippen LogP contribution in [0.2, 0.25) is 0 Å². The summed E-state index contributed by atoms with van der Waals surface area (Å²) in [6.45, 7) is 0. The smallest absolute Gasteiger partial charge is 0.337 e. The number of benzene rings is 2. The highest BCUT2D eigenvalue weighted by Gasteiger charge is 2.23. The Morgan fingerprint density at radius 3 is 2.14 bits per heavy atom. The van der Waals surface area contributed by atoms with Gasteiger partial charge in [0.05, 0.1) is 23.3 Å². The van der Waals surface area contributed by atoms with Crippen LogP contribution in [0.3, 0.4) is 0 Å². The molecule has 0 heterocycles. The van der Waals surface area contributed by atoms with Crippen molar-refractivity contribution in [3.05, 3.63) is 60.2 Å². The average molecular weight is 307 g/mol. The number of hydrogen-bond acceptors (Lipinski definition) is 5. The summed E-state index contributed by atoms with van der Waals surface area (Å²) in [6.07, 6.45) is 0. The minimum absolute atomic E-state index is 0.0199. The molecule has 0 amide bonds. The van der Waals surface area contributed by atoms with Gasteiger partial charge in [0.25, 0.3) is 10.0 Å². The highest BCUT2D eigenvalue weighted by molar-refractivity contribution is 7.92. The maximum atomic E-state index is 12.2. The first kappa shape index (κ1) is 15.0. The minimum Gasteiger partial charge on any atom is -0.465 e. The number of ether oxygens (including phenoxy) is 1. The van der Waals surface area contributed by atoms with Crippen LogP contribution in [0.25, 0.3) is 0 Å². The summed E-state index contributed by atoms with van der Waals surface area (Å²) in [7, 11) is -2.81. The second kappa shape index (κ2) is 5.94. The molecule has 6 nitrogen and oxygen atoms in total. The van der Waals surface area contributed by atoms with Crippen LogP contribution in [-0.2, 0) is 14.8 Å². The largest absolute Gasteiger partial charge is 0.465 e. The number of rotatable bonds is 4. The van der Waals surface area contributed by atoms with Gasteiger partial charge in [-0.3, -0.25) is 5.21 Å². The number of carbonyl (C=O) groups is 1. The minimum atomic E-state index is -4.06. The van der Waals surface area contributed by atoms with Crippen molar-refractivity contribution in [3.63, 3.8) is 0 Å². The summed E-state index contributed by atoms with van der Waals surface area (Å²) in [5.74, 6) is -0.544. The second-order valence-corrected chi connectivity index (χ2v) is 5.87. The van der Waals surface area contributed by atoms with Gasteiger partial charge in [-0.05, 0) is 36.4 Å². The molecule has 0 radical (unpaired) electrons. The standard InChI is InChI=1S/C14H13NO5S/c1-20-14(16)11-7-9-12(10-8-11)15(17)21(18,19)13-5-3-2-4-6-13/h2-10,17H,1H3. The number of nitrogens with zero attached hydrogens (tertiary/aromatic N) is 1. The van der Waals surface area contributed by atoms with Gasteiger partial charge in [0.15, 0.2) is 0 Å². The van der Waals surface area contributed by atoms with Crippen molar-refractivity contribution in [2.24, 2.45) is 0 Å². The van der Waals surface area contributed by atoms with Gasteiger partial charge in [-0.2, -0.15) is 8.42 Å². The first-order valence-corrected chi connectivity index (χ1v) is 7.38. The molecule has 0 atom stereocenters. The van der Waals surface area contributed by atoms with Gasteiger partial charge < -0.3 is 4.74 Å². The molecule has 2 aromatic rings. The average Bonchev–Trinajstić information content (AvgIpc) is 2.54. The molecule has 0 saturated carbocycles. The van der Waals surface area contributed by atoms with E-state index in [2.05, 4.69) is 4.74 Å². The molecule has 7 heteroatoms. The van der Waals surface area contributed by atoms with E-state index in [1.165, 1.54) is 43.5 Å². The Labute approximate surface area is 122 Å². The van der Waals surface area contributed by atoms with E-state index in [9.17, 15) is 18.4 Å². The van der Waals surface area contributed by atoms with E-state index in [0.29, 0.717) is 0 Å². The molecule has 0 spiro atoms. The lowest BCUT2D eigenvalue weighted by Gasteiger charge is -2.17. The molecule has 0 aliphatic heterocycles. The Hall–Kier alpha value is -2.38. The van der Waals surface area contributed by atoms with Crippen LogP contribution in [0.5, 0.6) is 0 Å². The number of hydrogen-bond donors (Lipinski definition) is 1. The van der Waals surface area contributed by atoms with Gasteiger partial charge in [-0.1, -0.05) is 18.2 Å². The summed E-state index contributed by atoms with van der Waals surface area (Å²) < 4.78 is 29.1. The van der Waals surface area contributed by atoms with Crippen molar-refractivity contribution in [2.45, 2.75) is 4.90 Å². The fourth-order valence-electron chi connectivity index (χ4n) is 1.67. The fourth-order valence-corrected chi connectivity index (χ4v) is 2.77. The number of anilines is 1. The zero-order valence-corrected chi connectivity index (χ0v) is 11.9. The molecule has 2 aromatic carbocycles. The number of carbonyl (C=O) groups excluding carboxylic acids is 1.